The molecule has 18 heavy (non-hydrogen) atoms. The number of rotatable bonds is 5. The summed E-state index contributed by atoms with van der Waals surface area (Å²) in [6.45, 7) is 3.79. The maximum atomic E-state index is 13.5. The fourth-order valence-electron chi connectivity index (χ4n) is 1.63. The van der Waals surface area contributed by atoms with E-state index in [1.807, 2.05) is 13.8 Å². The number of alkyl halides is 1. The van der Waals surface area contributed by atoms with Gasteiger partial charge in [0.25, 0.3) is 5.91 Å². The van der Waals surface area contributed by atoms with E-state index in [2.05, 4.69) is 5.32 Å². The summed E-state index contributed by atoms with van der Waals surface area (Å²) < 4.78 is 26.2. The maximum Gasteiger partial charge on any atom is 0.254 e. The molecule has 2 nitrogen and oxygen atoms in total. The molecule has 0 spiro atoms. The van der Waals surface area contributed by atoms with Crippen LogP contribution in [-0.2, 0) is 0 Å². The third-order valence-electron chi connectivity index (χ3n) is 3.16. The summed E-state index contributed by atoms with van der Waals surface area (Å²) in [5.41, 5.74) is -0.729. The van der Waals surface area contributed by atoms with E-state index in [1.54, 1.807) is 0 Å². The molecule has 0 aliphatic heterocycles. The highest BCUT2D eigenvalue weighted by atomic mass is 35.5. The minimum absolute atomic E-state index is 0.173. The molecule has 1 aromatic rings. The minimum Gasteiger partial charge on any atom is -0.345 e. The molecule has 0 radical (unpaired) electrons. The topological polar surface area (TPSA) is 29.1 Å². The van der Waals surface area contributed by atoms with Gasteiger partial charge < -0.3 is 5.32 Å². The fourth-order valence-corrected chi connectivity index (χ4v) is 2.08. The van der Waals surface area contributed by atoms with Gasteiger partial charge in [-0.05, 0) is 25.0 Å². The zero-order chi connectivity index (χ0) is 13.8. The third-order valence-corrected chi connectivity index (χ3v) is 3.68. The molecular weight excluding hydrogens is 260 g/mol. The number of carbonyl (C=O) groups excluding carboxylic acids is 1. The summed E-state index contributed by atoms with van der Waals surface area (Å²) in [5.74, 6) is -1.91. The second kappa shape index (κ2) is 6.14. The van der Waals surface area contributed by atoms with Crippen LogP contribution in [0.2, 0.25) is 0 Å². The lowest BCUT2D eigenvalue weighted by Crippen LogP contribution is -2.49. The minimum atomic E-state index is -0.872. The van der Waals surface area contributed by atoms with Crippen molar-refractivity contribution in [2.24, 2.45) is 0 Å². The van der Waals surface area contributed by atoms with Gasteiger partial charge in [-0.3, -0.25) is 4.79 Å². The van der Waals surface area contributed by atoms with Gasteiger partial charge in [0, 0.05) is 11.9 Å². The van der Waals surface area contributed by atoms with Crippen molar-refractivity contribution < 1.29 is 13.6 Å². The molecule has 100 valence electrons. The van der Waals surface area contributed by atoms with Gasteiger partial charge >= 0.3 is 0 Å². The summed E-state index contributed by atoms with van der Waals surface area (Å²) in [7, 11) is 0. The van der Waals surface area contributed by atoms with E-state index < -0.39 is 23.1 Å². The van der Waals surface area contributed by atoms with Gasteiger partial charge in [0.05, 0.1) is 11.1 Å². The number of nitrogens with one attached hydrogen (secondary N) is 1. The largest absolute Gasteiger partial charge is 0.345 e. The van der Waals surface area contributed by atoms with E-state index in [4.69, 9.17) is 11.6 Å². The van der Waals surface area contributed by atoms with E-state index in [-0.39, 0.29) is 11.4 Å². The van der Waals surface area contributed by atoms with E-state index in [1.165, 1.54) is 0 Å². The summed E-state index contributed by atoms with van der Waals surface area (Å²) in [6, 6.07) is 2.87. The first kappa shape index (κ1) is 14.9. The Labute approximate surface area is 110 Å². The summed E-state index contributed by atoms with van der Waals surface area (Å²) >= 11 is 5.85. The molecule has 5 heteroatoms. The Kier molecular flexibility index (Phi) is 5.08. The molecule has 0 bridgehead atoms. The molecule has 1 N–H and O–H groups in total. The Morgan fingerprint density at radius 2 is 1.94 bits per heavy atom. The van der Waals surface area contributed by atoms with Crippen LogP contribution in [0.25, 0.3) is 0 Å². The lowest BCUT2D eigenvalue weighted by Gasteiger charge is -2.30. The molecule has 0 aliphatic rings. The van der Waals surface area contributed by atoms with Crippen LogP contribution in [0.1, 0.15) is 37.0 Å². The zero-order valence-electron chi connectivity index (χ0n) is 10.4. The second-order valence-corrected chi connectivity index (χ2v) is 4.47. The van der Waals surface area contributed by atoms with E-state index in [0.29, 0.717) is 18.9 Å². The highest BCUT2D eigenvalue weighted by molar-refractivity contribution is 6.19. The third kappa shape index (κ3) is 3.19. The number of carbonyl (C=O) groups is 1. The SMILES string of the molecule is CCC(CC)(CCl)NC(=O)c1ccc(F)cc1F. The van der Waals surface area contributed by atoms with Crippen LogP contribution in [0.4, 0.5) is 8.78 Å². The van der Waals surface area contributed by atoms with Crippen LogP contribution in [-0.4, -0.2) is 17.3 Å². The van der Waals surface area contributed by atoms with Crippen LogP contribution in [0.5, 0.6) is 0 Å². The highest BCUT2D eigenvalue weighted by Crippen LogP contribution is 2.19. The molecule has 0 saturated heterocycles. The summed E-state index contributed by atoms with van der Waals surface area (Å²) in [4.78, 5) is 11.9. The van der Waals surface area contributed by atoms with Crippen molar-refractivity contribution in [2.75, 3.05) is 5.88 Å². The Balaban J connectivity index is 2.94. The molecular formula is C13H16ClF2NO. The van der Waals surface area contributed by atoms with Crippen LogP contribution in [0.3, 0.4) is 0 Å². The van der Waals surface area contributed by atoms with Gasteiger partial charge in [0.2, 0.25) is 0 Å². The molecule has 0 unspecified atom stereocenters. The van der Waals surface area contributed by atoms with E-state index in [9.17, 15) is 13.6 Å². The number of halogens is 3. The van der Waals surface area contributed by atoms with Gasteiger partial charge in [0.1, 0.15) is 11.6 Å². The van der Waals surface area contributed by atoms with Gasteiger partial charge in [-0.2, -0.15) is 0 Å². The summed E-state index contributed by atoms with van der Waals surface area (Å²) in [5, 5.41) is 2.72. The average Bonchev–Trinajstić information content (AvgIpc) is 2.36. The van der Waals surface area contributed by atoms with Gasteiger partial charge in [-0.15, -0.1) is 11.6 Å². The fraction of sp³-hybridized carbons (Fsp3) is 0.462. The highest BCUT2D eigenvalue weighted by Gasteiger charge is 2.28. The van der Waals surface area contributed by atoms with Gasteiger partial charge in [-0.25, -0.2) is 8.78 Å². The predicted molar refractivity (Wildman–Crippen MR) is 67.9 cm³/mol. The number of benzene rings is 1. The quantitative estimate of drug-likeness (QED) is 0.819. The number of hydrogen-bond donors (Lipinski definition) is 1. The van der Waals surface area contributed by atoms with Gasteiger partial charge in [0.15, 0.2) is 0 Å². The van der Waals surface area contributed by atoms with Crippen LogP contribution in [0, 0.1) is 11.6 Å². The van der Waals surface area contributed by atoms with Crippen LogP contribution >= 0.6 is 11.6 Å². The molecule has 0 atom stereocenters. The molecule has 0 heterocycles. The molecule has 0 saturated carbocycles. The Hall–Kier alpha value is -1.16. The van der Waals surface area contributed by atoms with Crippen molar-refractivity contribution in [3.8, 4) is 0 Å². The predicted octanol–water partition coefficient (Wildman–Crippen LogP) is 3.49. The molecule has 1 rings (SSSR count). The van der Waals surface area contributed by atoms with Gasteiger partial charge in [-0.1, -0.05) is 13.8 Å². The zero-order valence-corrected chi connectivity index (χ0v) is 11.2. The molecule has 0 aliphatic carbocycles. The standard InChI is InChI=1S/C13H16ClF2NO/c1-3-13(4-2,8-14)17-12(18)10-6-5-9(15)7-11(10)16/h5-7H,3-4,8H2,1-2H3,(H,17,18). The van der Waals surface area contributed by atoms with Crippen molar-refractivity contribution in [1.29, 1.82) is 0 Å². The summed E-state index contributed by atoms with van der Waals surface area (Å²) in [6.07, 6.45) is 1.28. The van der Waals surface area contributed by atoms with E-state index in [0.717, 1.165) is 12.1 Å². The normalized spacial score (nSPS) is 11.4. The second-order valence-electron chi connectivity index (χ2n) is 4.20. The molecule has 0 aromatic heterocycles. The lowest BCUT2D eigenvalue weighted by molar-refractivity contribution is 0.0898. The molecule has 0 fully saturated rings. The lowest BCUT2D eigenvalue weighted by atomic mass is 9.94. The van der Waals surface area contributed by atoms with Crippen molar-refractivity contribution in [3.63, 3.8) is 0 Å². The average molecular weight is 276 g/mol. The van der Waals surface area contributed by atoms with E-state index >= 15 is 0 Å². The number of amides is 1. The number of hydrogen-bond acceptors (Lipinski definition) is 1. The molecule has 1 amide bonds. The monoisotopic (exact) mass is 275 g/mol. The van der Waals surface area contributed by atoms with Crippen molar-refractivity contribution in [2.45, 2.75) is 32.2 Å². The first-order valence-electron chi connectivity index (χ1n) is 5.81. The maximum absolute atomic E-state index is 13.5. The van der Waals surface area contributed by atoms with Crippen molar-refractivity contribution >= 4 is 17.5 Å². The van der Waals surface area contributed by atoms with Crippen molar-refractivity contribution in [3.05, 3.63) is 35.4 Å². The first-order chi connectivity index (χ1) is 8.48. The molecule has 1 aromatic carbocycles. The van der Waals surface area contributed by atoms with Crippen LogP contribution < -0.4 is 5.32 Å². The smallest absolute Gasteiger partial charge is 0.254 e. The van der Waals surface area contributed by atoms with Crippen LogP contribution in [0.15, 0.2) is 18.2 Å². The first-order valence-corrected chi connectivity index (χ1v) is 6.35. The van der Waals surface area contributed by atoms with Crippen molar-refractivity contribution in [1.82, 2.24) is 5.32 Å². The Bertz CT molecular complexity index is 425. The Morgan fingerprint density at radius 1 is 1.33 bits per heavy atom. The Morgan fingerprint density at radius 3 is 2.39 bits per heavy atom.